The monoisotopic (exact) mass is 223 g/mol. The average Bonchev–Trinajstić information content (AvgIpc) is 2.39. The minimum Gasteiger partial charge on any atom is -0.385 e. The average molecular weight is 223 g/mol. The third-order valence-corrected chi connectivity index (χ3v) is 3.53. The van der Waals surface area contributed by atoms with Crippen molar-refractivity contribution in [3.8, 4) is 11.1 Å². The maximum Gasteiger partial charge on any atom is 0.0378 e. The number of rotatable bonds is 1. The van der Waals surface area contributed by atoms with Gasteiger partial charge in [-0.25, -0.2) is 0 Å². The van der Waals surface area contributed by atoms with Gasteiger partial charge < -0.3 is 5.32 Å². The maximum absolute atomic E-state index is 3.49. The predicted octanol–water partition coefficient (Wildman–Crippen LogP) is 4.02. The third kappa shape index (κ3) is 1.82. The van der Waals surface area contributed by atoms with Gasteiger partial charge in [-0.1, -0.05) is 36.4 Å². The van der Waals surface area contributed by atoms with Crippen LogP contribution in [-0.2, 0) is 6.42 Å². The molecule has 0 saturated heterocycles. The summed E-state index contributed by atoms with van der Waals surface area (Å²) in [5.74, 6) is 0. The Balaban J connectivity index is 2.18. The van der Waals surface area contributed by atoms with Crippen LogP contribution in [-0.4, -0.2) is 6.54 Å². The molecule has 86 valence electrons. The molecule has 1 nitrogen and oxygen atoms in total. The number of aryl methyl sites for hydroxylation is 1. The van der Waals surface area contributed by atoms with Gasteiger partial charge in [0, 0.05) is 12.2 Å². The second-order valence-electron chi connectivity index (χ2n) is 4.68. The molecule has 1 heteroatoms. The van der Waals surface area contributed by atoms with Crippen molar-refractivity contribution in [2.45, 2.75) is 19.8 Å². The van der Waals surface area contributed by atoms with Crippen LogP contribution in [0.3, 0.4) is 0 Å². The third-order valence-electron chi connectivity index (χ3n) is 3.53. The molecule has 1 N–H and O–H groups in total. The van der Waals surface area contributed by atoms with Crippen LogP contribution >= 0.6 is 0 Å². The SMILES string of the molecule is Cc1ccccc1-c1cccc2c1CCCN2. The van der Waals surface area contributed by atoms with Gasteiger partial charge in [0.2, 0.25) is 0 Å². The number of benzene rings is 2. The first-order valence-corrected chi connectivity index (χ1v) is 6.28. The van der Waals surface area contributed by atoms with Crippen molar-refractivity contribution in [2.75, 3.05) is 11.9 Å². The standard InChI is InChI=1S/C16H17N/c1-12-6-2-3-7-13(12)14-8-4-10-16-15(14)9-5-11-17-16/h2-4,6-8,10,17H,5,9,11H2,1H3. The van der Waals surface area contributed by atoms with Crippen LogP contribution in [0.4, 0.5) is 5.69 Å². The minimum absolute atomic E-state index is 1.10. The summed E-state index contributed by atoms with van der Waals surface area (Å²) in [4.78, 5) is 0. The molecule has 1 heterocycles. The van der Waals surface area contributed by atoms with Crippen molar-refractivity contribution >= 4 is 5.69 Å². The number of nitrogens with one attached hydrogen (secondary N) is 1. The zero-order valence-electron chi connectivity index (χ0n) is 10.2. The first-order chi connectivity index (χ1) is 8.36. The Morgan fingerprint density at radius 3 is 2.65 bits per heavy atom. The van der Waals surface area contributed by atoms with Crippen LogP contribution in [0.1, 0.15) is 17.5 Å². The highest BCUT2D eigenvalue weighted by Gasteiger charge is 2.14. The van der Waals surface area contributed by atoms with Gasteiger partial charge in [0.15, 0.2) is 0 Å². The van der Waals surface area contributed by atoms with Crippen LogP contribution < -0.4 is 5.32 Å². The highest BCUT2D eigenvalue weighted by molar-refractivity contribution is 5.76. The van der Waals surface area contributed by atoms with Gasteiger partial charge >= 0.3 is 0 Å². The molecule has 0 atom stereocenters. The summed E-state index contributed by atoms with van der Waals surface area (Å²) >= 11 is 0. The van der Waals surface area contributed by atoms with Crippen LogP contribution in [0.25, 0.3) is 11.1 Å². The molecule has 0 radical (unpaired) electrons. The maximum atomic E-state index is 3.49. The van der Waals surface area contributed by atoms with E-state index in [4.69, 9.17) is 0 Å². The smallest absolute Gasteiger partial charge is 0.0378 e. The van der Waals surface area contributed by atoms with E-state index < -0.39 is 0 Å². The molecule has 2 aromatic rings. The highest BCUT2D eigenvalue weighted by Crippen LogP contribution is 2.33. The Hall–Kier alpha value is -1.76. The van der Waals surface area contributed by atoms with Crippen LogP contribution in [0.2, 0.25) is 0 Å². The molecule has 1 aliphatic heterocycles. The second-order valence-corrected chi connectivity index (χ2v) is 4.68. The molecule has 3 rings (SSSR count). The molecule has 0 aliphatic carbocycles. The fourth-order valence-corrected chi connectivity index (χ4v) is 2.64. The van der Waals surface area contributed by atoms with Gasteiger partial charge in [-0.15, -0.1) is 0 Å². The summed E-state index contributed by atoms with van der Waals surface area (Å²) < 4.78 is 0. The van der Waals surface area contributed by atoms with E-state index in [0.29, 0.717) is 0 Å². The van der Waals surface area contributed by atoms with Crippen molar-refractivity contribution in [1.29, 1.82) is 0 Å². The van der Waals surface area contributed by atoms with E-state index in [2.05, 4.69) is 54.7 Å². The first-order valence-electron chi connectivity index (χ1n) is 6.28. The summed E-state index contributed by atoms with van der Waals surface area (Å²) in [5, 5.41) is 3.49. The zero-order valence-corrected chi connectivity index (χ0v) is 10.2. The fraction of sp³-hybridized carbons (Fsp3) is 0.250. The Morgan fingerprint density at radius 2 is 1.76 bits per heavy atom. The topological polar surface area (TPSA) is 12.0 Å². The minimum atomic E-state index is 1.10. The molecule has 1 aliphatic rings. The number of fused-ring (bicyclic) bond motifs is 1. The van der Waals surface area contributed by atoms with E-state index in [1.165, 1.54) is 40.8 Å². The lowest BCUT2D eigenvalue weighted by atomic mass is 9.91. The van der Waals surface area contributed by atoms with Crippen molar-refractivity contribution in [3.05, 3.63) is 53.6 Å². The second kappa shape index (κ2) is 4.25. The molecule has 0 bridgehead atoms. The molecule has 0 spiro atoms. The fourth-order valence-electron chi connectivity index (χ4n) is 2.64. The molecule has 0 unspecified atom stereocenters. The number of hydrogen-bond acceptors (Lipinski definition) is 1. The quantitative estimate of drug-likeness (QED) is 0.770. The van der Waals surface area contributed by atoms with Crippen molar-refractivity contribution in [3.63, 3.8) is 0 Å². The normalized spacial score (nSPS) is 13.9. The molecule has 2 aromatic carbocycles. The van der Waals surface area contributed by atoms with Gasteiger partial charge in [0.25, 0.3) is 0 Å². The van der Waals surface area contributed by atoms with E-state index in [9.17, 15) is 0 Å². The predicted molar refractivity (Wildman–Crippen MR) is 73.4 cm³/mol. The molecule has 0 saturated carbocycles. The first kappa shape index (κ1) is 10.4. The Bertz CT molecular complexity index is 543. The van der Waals surface area contributed by atoms with E-state index in [1.54, 1.807) is 0 Å². The highest BCUT2D eigenvalue weighted by atomic mass is 14.9. The Morgan fingerprint density at radius 1 is 0.941 bits per heavy atom. The van der Waals surface area contributed by atoms with E-state index >= 15 is 0 Å². The van der Waals surface area contributed by atoms with E-state index in [1.807, 2.05) is 0 Å². The molecule has 17 heavy (non-hydrogen) atoms. The van der Waals surface area contributed by atoms with Gasteiger partial charge in [-0.05, 0) is 48.1 Å². The molecule has 0 aromatic heterocycles. The zero-order chi connectivity index (χ0) is 11.7. The summed E-state index contributed by atoms with van der Waals surface area (Å²) in [6, 6.07) is 15.2. The van der Waals surface area contributed by atoms with Crippen molar-refractivity contribution in [1.82, 2.24) is 0 Å². The Kier molecular flexibility index (Phi) is 2.60. The van der Waals surface area contributed by atoms with Gasteiger partial charge in [-0.2, -0.15) is 0 Å². The largest absolute Gasteiger partial charge is 0.385 e. The molecule has 0 fully saturated rings. The number of hydrogen-bond donors (Lipinski definition) is 1. The van der Waals surface area contributed by atoms with Crippen LogP contribution in [0, 0.1) is 6.92 Å². The van der Waals surface area contributed by atoms with Crippen LogP contribution in [0.5, 0.6) is 0 Å². The van der Waals surface area contributed by atoms with Crippen molar-refractivity contribution < 1.29 is 0 Å². The van der Waals surface area contributed by atoms with Crippen molar-refractivity contribution in [2.24, 2.45) is 0 Å². The van der Waals surface area contributed by atoms with E-state index in [-0.39, 0.29) is 0 Å². The van der Waals surface area contributed by atoms with Gasteiger partial charge in [-0.3, -0.25) is 0 Å². The van der Waals surface area contributed by atoms with E-state index in [0.717, 1.165) is 6.54 Å². The van der Waals surface area contributed by atoms with Gasteiger partial charge in [0.1, 0.15) is 0 Å². The molecular weight excluding hydrogens is 206 g/mol. The lowest BCUT2D eigenvalue weighted by molar-refractivity contribution is 0.832. The lowest BCUT2D eigenvalue weighted by Gasteiger charge is -2.21. The Labute approximate surface area is 102 Å². The van der Waals surface area contributed by atoms with Gasteiger partial charge in [0.05, 0.1) is 0 Å². The lowest BCUT2D eigenvalue weighted by Crippen LogP contribution is -2.12. The summed E-state index contributed by atoms with van der Waals surface area (Å²) in [5.41, 5.74) is 6.91. The summed E-state index contributed by atoms with van der Waals surface area (Å²) in [6.45, 7) is 3.29. The summed E-state index contributed by atoms with van der Waals surface area (Å²) in [6.07, 6.45) is 2.42. The number of anilines is 1. The molecular formula is C16H17N. The molecule has 0 amide bonds. The summed E-state index contributed by atoms with van der Waals surface area (Å²) in [7, 11) is 0. The van der Waals surface area contributed by atoms with Crippen LogP contribution in [0.15, 0.2) is 42.5 Å².